The number of benzene rings is 2. The van der Waals surface area contributed by atoms with Crippen LogP contribution in [-0.4, -0.2) is 55.1 Å². The van der Waals surface area contributed by atoms with Gasteiger partial charge in [0.05, 0.1) is 19.1 Å². The number of nitro groups is 1. The van der Waals surface area contributed by atoms with Crippen LogP contribution in [0.1, 0.15) is 26.3 Å². The number of rotatable bonds is 12. The van der Waals surface area contributed by atoms with Crippen molar-refractivity contribution in [3.8, 4) is 17.2 Å². The molecule has 0 spiro atoms. The normalized spacial score (nSPS) is 11.5. The van der Waals surface area contributed by atoms with Crippen LogP contribution >= 0.6 is 0 Å². The average molecular weight is 474 g/mol. The van der Waals surface area contributed by atoms with Gasteiger partial charge in [0.25, 0.3) is 5.91 Å². The van der Waals surface area contributed by atoms with E-state index in [9.17, 15) is 19.7 Å². The van der Waals surface area contributed by atoms with Gasteiger partial charge in [-0.3, -0.25) is 19.7 Å². The van der Waals surface area contributed by atoms with Crippen LogP contribution in [-0.2, 0) is 16.1 Å². The van der Waals surface area contributed by atoms with Crippen molar-refractivity contribution in [2.75, 3.05) is 27.4 Å². The van der Waals surface area contributed by atoms with Crippen molar-refractivity contribution < 1.29 is 28.7 Å². The van der Waals surface area contributed by atoms with E-state index < -0.39 is 16.9 Å². The van der Waals surface area contributed by atoms with Gasteiger partial charge in [-0.15, -0.1) is 0 Å². The lowest BCUT2D eigenvalue weighted by atomic mass is 10.1. The smallest absolute Gasteiger partial charge is 0.311 e. The van der Waals surface area contributed by atoms with Gasteiger partial charge in [-0.1, -0.05) is 26.0 Å². The van der Waals surface area contributed by atoms with E-state index >= 15 is 0 Å². The molecule has 10 nitrogen and oxygen atoms in total. The van der Waals surface area contributed by atoms with Crippen LogP contribution in [0.2, 0.25) is 0 Å². The number of nitrogens with zero attached hydrogens (tertiary/aromatic N) is 2. The topological polar surface area (TPSA) is 120 Å². The zero-order valence-electron chi connectivity index (χ0n) is 20.1. The third-order valence-electron chi connectivity index (χ3n) is 5.05. The molecule has 10 heteroatoms. The lowest BCUT2D eigenvalue weighted by Gasteiger charge is -2.29. The number of nitrogens with one attached hydrogen (secondary N) is 1. The summed E-state index contributed by atoms with van der Waals surface area (Å²) < 4.78 is 15.9. The fourth-order valence-corrected chi connectivity index (χ4v) is 3.13. The van der Waals surface area contributed by atoms with Gasteiger partial charge < -0.3 is 24.4 Å². The molecule has 0 aliphatic rings. The molecule has 0 saturated carbocycles. The van der Waals surface area contributed by atoms with Gasteiger partial charge in [0.15, 0.2) is 6.61 Å². The molecule has 0 aliphatic heterocycles. The summed E-state index contributed by atoms with van der Waals surface area (Å²) in [7, 11) is 2.86. The molecule has 184 valence electrons. The molecule has 1 N–H and O–H groups in total. The third-order valence-corrected chi connectivity index (χ3v) is 5.05. The Bertz CT molecular complexity index is 1010. The highest BCUT2D eigenvalue weighted by Gasteiger charge is 2.27. The number of carbonyl (C=O) groups excluding carboxylic acids is 2. The van der Waals surface area contributed by atoms with E-state index in [4.69, 9.17) is 14.2 Å². The van der Waals surface area contributed by atoms with Crippen LogP contribution in [0.25, 0.3) is 0 Å². The zero-order valence-corrected chi connectivity index (χ0v) is 20.1. The second-order valence-corrected chi connectivity index (χ2v) is 8.07. The second-order valence-electron chi connectivity index (χ2n) is 8.07. The predicted molar refractivity (Wildman–Crippen MR) is 126 cm³/mol. The SMILES string of the molecule is COc1cccc(CN(C(=O)COc2ccc([N+](=O)[O-])c(OC)c2)C(C)C(=O)NCC(C)C)c1. The summed E-state index contributed by atoms with van der Waals surface area (Å²) in [6.45, 7) is 5.91. The van der Waals surface area contributed by atoms with E-state index in [0.717, 1.165) is 5.56 Å². The standard InChI is InChI=1S/C24H31N3O7/c1-16(2)13-25-24(29)17(3)26(14-18-7-6-8-19(11-18)32-4)23(28)15-34-20-9-10-21(27(30)31)22(12-20)33-5/h6-12,16-17H,13-15H2,1-5H3,(H,25,29). The maximum Gasteiger partial charge on any atom is 0.311 e. The molecular formula is C24H31N3O7. The van der Waals surface area contributed by atoms with Gasteiger partial charge >= 0.3 is 5.69 Å². The number of hydrogen-bond donors (Lipinski definition) is 1. The molecule has 0 aromatic heterocycles. The lowest BCUT2D eigenvalue weighted by molar-refractivity contribution is -0.385. The molecule has 2 aromatic carbocycles. The largest absolute Gasteiger partial charge is 0.497 e. The fraction of sp³-hybridized carbons (Fsp3) is 0.417. The molecule has 1 atom stereocenters. The molecular weight excluding hydrogens is 442 g/mol. The number of ether oxygens (including phenoxy) is 3. The minimum absolute atomic E-state index is 0.0182. The van der Waals surface area contributed by atoms with E-state index in [-0.39, 0.29) is 42.2 Å². The molecule has 0 aliphatic carbocycles. The Morgan fingerprint density at radius 1 is 1.06 bits per heavy atom. The van der Waals surface area contributed by atoms with E-state index in [0.29, 0.717) is 12.3 Å². The summed E-state index contributed by atoms with van der Waals surface area (Å²) in [5, 5.41) is 13.9. The van der Waals surface area contributed by atoms with Crippen molar-refractivity contribution in [2.45, 2.75) is 33.4 Å². The number of nitro benzene ring substituents is 1. The first kappa shape index (κ1) is 26.4. The maximum atomic E-state index is 13.1. The average Bonchev–Trinajstić information content (AvgIpc) is 2.83. The highest BCUT2D eigenvalue weighted by Crippen LogP contribution is 2.30. The summed E-state index contributed by atoms with van der Waals surface area (Å²) in [6.07, 6.45) is 0. The molecule has 2 amide bonds. The van der Waals surface area contributed by atoms with Crippen molar-refractivity contribution in [1.29, 1.82) is 0 Å². The number of methoxy groups -OCH3 is 2. The predicted octanol–water partition coefficient (Wildman–Crippen LogP) is 3.18. The van der Waals surface area contributed by atoms with Crippen molar-refractivity contribution >= 4 is 17.5 Å². The Balaban J connectivity index is 2.20. The van der Waals surface area contributed by atoms with Crippen LogP contribution in [0.15, 0.2) is 42.5 Å². The molecule has 2 aromatic rings. The van der Waals surface area contributed by atoms with Gasteiger partial charge in [0.2, 0.25) is 11.7 Å². The summed E-state index contributed by atoms with van der Waals surface area (Å²) in [4.78, 5) is 37.8. The van der Waals surface area contributed by atoms with Crippen LogP contribution in [0.3, 0.4) is 0 Å². The minimum Gasteiger partial charge on any atom is -0.497 e. The van der Waals surface area contributed by atoms with Crippen molar-refractivity contribution in [3.05, 3.63) is 58.1 Å². The van der Waals surface area contributed by atoms with Crippen molar-refractivity contribution in [2.24, 2.45) is 5.92 Å². The molecule has 0 fully saturated rings. The Morgan fingerprint density at radius 2 is 1.79 bits per heavy atom. The molecule has 34 heavy (non-hydrogen) atoms. The van der Waals surface area contributed by atoms with Gasteiger partial charge in [-0.25, -0.2) is 0 Å². The van der Waals surface area contributed by atoms with Crippen molar-refractivity contribution in [1.82, 2.24) is 10.2 Å². The molecule has 0 radical (unpaired) electrons. The number of hydrogen-bond acceptors (Lipinski definition) is 7. The summed E-state index contributed by atoms with van der Waals surface area (Å²) in [5.41, 5.74) is 0.574. The summed E-state index contributed by atoms with van der Waals surface area (Å²) in [5.74, 6) is 0.447. The van der Waals surface area contributed by atoms with Crippen molar-refractivity contribution in [3.63, 3.8) is 0 Å². The molecule has 0 heterocycles. The zero-order chi connectivity index (χ0) is 25.3. The lowest BCUT2D eigenvalue weighted by Crippen LogP contribution is -2.49. The number of amides is 2. The Hall–Kier alpha value is -3.82. The molecule has 0 saturated heterocycles. The van der Waals surface area contributed by atoms with E-state index in [1.165, 1.54) is 30.2 Å². The molecule has 2 rings (SSSR count). The number of carbonyl (C=O) groups is 2. The summed E-state index contributed by atoms with van der Waals surface area (Å²) in [6, 6.07) is 10.4. The van der Waals surface area contributed by atoms with Crippen LogP contribution in [0.5, 0.6) is 17.2 Å². The van der Waals surface area contributed by atoms with Gasteiger partial charge in [-0.2, -0.15) is 0 Å². The van der Waals surface area contributed by atoms with E-state index in [1.54, 1.807) is 32.2 Å². The Labute approximate surface area is 198 Å². The highest BCUT2D eigenvalue weighted by molar-refractivity contribution is 5.88. The first-order valence-corrected chi connectivity index (χ1v) is 10.8. The van der Waals surface area contributed by atoms with Gasteiger partial charge in [0, 0.05) is 25.2 Å². The van der Waals surface area contributed by atoms with E-state index in [2.05, 4.69) is 5.32 Å². The molecule has 0 bridgehead atoms. The Kier molecular flexibility index (Phi) is 9.66. The fourth-order valence-electron chi connectivity index (χ4n) is 3.13. The van der Waals surface area contributed by atoms with Crippen LogP contribution in [0, 0.1) is 16.0 Å². The highest BCUT2D eigenvalue weighted by atomic mass is 16.6. The minimum atomic E-state index is -0.757. The van der Waals surface area contributed by atoms with Gasteiger partial charge in [0.1, 0.15) is 17.5 Å². The quantitative estimate of drug-likeness (QED) is 0.371. The maximum absolute atomic E-state index is 13.1. The van der Waals surface area contributed by atoms with Gasteiger partial charge in [-0.05, 0) is 36.6 Å². The molecule has 1 unspecified atom stereocenters. The first-order valence-electron chi connectivity index (χ1n) is 10.8. The van der Waals surface area contributed by atoms with Crippen LogP contribution < -0.4 is 19.5 Å². The van der Waals surface area contributed by atoms with E-state index in [1.807, 2.05) is 19.9 Å². The monoisotopic (exact) mass is 473 g/mol. The Morgan fingerprint density at radius 3 is 2.41 bits per heavy atom. The van der Waals surface area contributed by atoms with Crippen LogP contribution in [0.4, 0.5) is 5.69 Å². The third kappa shape index (κ3) is 7.36. The second kappa shape index (κ2) is 12.4. The first-order chi connectivity index (χ1) is 16.2. The summed E-state index contributed by atoms with van der Waals surface area (Å²) >= 11 is 0.